The average Bonchev–Trinajstić information content (AvgIpc) is 2.53. The summed E-state index contributed by atoms with van der Waals surface area (Å²) in [6.07, 6.45) is 6.41. The summed E-state index contributed by atoms with van der Waals surface area (Å²) in [4.78, 5) is 6.54. The molecule has 0 spiro atoms. The van der Waals surface area contributed by atoms with Crippen LogP contribution in [0.25, 0.3) is 0 Å². The van der Waals surface area contributed by atoms with Gasteiger partial charge < -0.3 is 0 Å². The Kier molecular flexibility index (Phi) is 2.09. The molecule has 1 aromatic heterocycles. The lowest BCUT2D eigenvalue weighted by Gasteiger charge is -2.18. The van der Waals surface area contributed by atoms with Crippen molar-refractivity contribution in [1.82, 2.24) is 9.88 Å². The predicted octanol–water partition coefficient (Wildman–Crippen LogP) is 1.85. The van der Waals surface area contributed by atoms with Gasteiger partial charge in [0.05, 0.1) is 0 Å². The number of pyridine rings is 1. The first-order valence-corrected chi connectivity index (χ1v) is 4.48. The van der Waals surface area contributed by atoms with E-state index in [-0.39, 0.29) is 0 Å². The minimum Gasteiger partial charge on any atom is -0.299 e. The summed E-state index contributed by atoms with van der Waals surface area (Å²) in [7, 11) is 2.19. The number of rotatable bonds is 1. The second-order valence-corrected chi connectivity index (χ2v) is 3.42. The largest absolute Gasteiger partial charge is 0.299 e. The first-order valence-electron chi connectivity index (χ1n) is 4.48. The maximum absolute atomic E-state index is 4.14. The average molecular weight is 164 g/mol. The molecule has 0 bridgehead atoms. The van der Waals surface area contributed by atoms with Crippen molar-refractivity contribution < 1.29 is 0 Å². The van der Waals surface area contributed by atoms with Crippen LogP contribution < -0.4 is 0 Å². The Morgan fingerprint density at radius 3 is 3.08 bits per heavy atom. The van der Waals surface area contributed by atoms with E-state index in [9.17, 15) is 0 Å². The van der Waals surface area contributed by atoms with Crippen LogP contribution in [-0.4, -0.2) is 23.5 Å². The molecule has 2 nitrogen and oxygen atoms in total. The molecular weight excluding hydrogens is 150 g/mol. The van der Waals surface area contributed by atoms with Crippen LogP contribution in [0.1, 0.15) is 24.4 Å². The van der Waals surface area contributed by atoms with Gasteiger partial charge in [-0.25, -0.2) is 0 Å². The Bertz CT molecular complexity index is 245. The van der Waals surface area contributed by atoms with E-state index < -0.39 is 0 Å². The first kappa shape index (κ1) is 7.74. The van der Waals surface area contributed by atoms with Gasteiger partial charge in [-0.1, -0.05) is 6.07 Å². The van der Waals surface area contributed by atoms with E-state index in [1.807, 2.05) is 18.5 Å². The highest BCUT2D eigenvalue weighted by atomic mass is 15.6. The molecule has 2 heteroatoms. The molecule has 2 rings (SSSR count). The van der Waals surface area contributed by atoms with Crippen molar-refractivity contribution in [2.24, 2.45) is 0 Å². The van der Waals surface area contributed by atoms with Crippen LogP contribution in [0, 0.1) is 0 Å². The molecule has 0 N–H and O–H groups in total. The Hall–Kier alpha value is -0.890. The van der Waals surface area contributed by atoms with Crippen molar-refractivity contribution in [2.45, 2.75) is 18.9 Å². The van der Waals surface area contributed by atoms with Crippen LogP contribution in [0.3, 0.4) is 0 Å². The smallest absolute Gasteiger partial charge is 0.0360 e. The molecule has 64 valence electrons. The van der Waals surface area contributed by atoms with E-state index in [2.05, 4.69) is 23.0 Å². The zero-order valence-corrected chi connectivity index (χ0v) is 7.40. The van der Waals surface area contributed by atoms with Gasteiger partial charge in [0.2, 0.25) is 0 Å². The molecule has 0 radical (unpaired) electrons. The summed E-state index contributed by atoms with van der Waals surface area (Å²) in [5.74, 6) is 0. The van der Waals surface area contributed by atoms with Crippen LogP contribution in [0.4, 0.5) is 0 Å². The van der Waals surface area contributed by atoms with E-state index in [0.717, 1.165) is 0 Å². The molecule has 1 aromatic rings. The highest BCUT2D eigenvalue weighted by molar-refractivity contribution is 5.14. The Morgan fingerprint density at radius 2 is 2.50 bits per heavy atom. The van der Waals surface area contributed by atoms with Gasteiger partial charge in [0.25, 0.3) is 0 Å². The van der Waals surface area contributed by atoms with Crippen LogP contribution >= 0.6 is 0 Å². The molecule has 1 fully saturated rings. The lowest BCUT2D eigenvalue weighted by molar-refractivity contribution is 0.317. The van der Waals surface area contributed by atoms with Crippen LogP contribution in [-0.2, 0) is 0 Å². The topological polar surface area (TPSA) is 16.1 Å². The normalized spacial score (nSPS) is 24.6. The molecule has 1 unspecified atom stereocenters. The molecule has 0 aromatic carbocycles. The zero-order chi connectivity index (χ0) is 8.39. The molecule has 2 heterocycles. The van der Waals surface area contributed by atoms with Gasteiger partial charge in [0.1, 0.15) is 0 Å². The van der Waals surface area contributed by atoms with Crippen LogP contribution in [0.5, 0.6) is 0 Å². The monoisotopic (exact) mass is 164 g/mol. The Balaban J connectivity index is 2.19. The van der Waals surface area contributed by atoms with Crippen molar-refractivity contribution in [3.8, 4) is 0 Å². The Morgan fingerprint density at radius 1 is 1.58 bits per heavy atom. The first-order chi connectivity index (χ1) is 5.88. The van der Waals surface area contributed by atoms with Crippen LogP contribution in [0.15, 0.2) is 24.5 Å². The van der Waals surface area contributed by atoms with Gasteiger partial charge in [-0.05, 0) is 38.1 Å². The molecule has 0 aliphatic carbocycles. The van der Waals surface area contributed by atoms with Gasteiger partial charge in [0.15, 0.2) is 0 Å². The van der Waals surface area contributed by atoms with Gasteiger partial charge in [0, 0.05) is 18.4 Å². The van der Waals surface area contributed by atoms with Crippen molar-refractivity contribution in [3.63, 3.8) is 0 Å². The SMILES string of the molecule is CN1CCC[14CH]1c1cccnc1. The van der Waals surface area contributed by atoms with Crippen LogP contribution in [0.2, 0.25) is 0 Å². The van der Waals surface area contributed by atoms with E-state index in [1.54, 1.807) is 0 Å². The zero-order valence-electron chi connectivity index (χ0n) is 7.40. The standard InChI is InChI=1S/C10H14N2/c1-12-7-3-5-10(12)9-4-2-6-11-8-9/h2,4,6,8,10H,3,5,7H2,1H3/i10+2. The predicted molar refractivity (Wildman–Crippen MR) is 48.8 cm³/mol. The van der Waals surface area contributed by atoms with Gasteiger partial charge >= 0.3 is 0 Å². The second-order valence-electron chi connectivity index (χ2n) is 3.42. The number of hydrogen-bond acceptors (Lipinski definition) is 2. The summed E-state index contributed by atoms with van der Waals surface area (Å²) >= 11 is 0. The summed E-state index contributed by atoms with van der Waals surface area (Å²) in [6, 6.07) is 4.79. The molecule has 0 saturated carbocycles. The Labute approximate surface area is 73.2 Å². The molecule has 1 saturated heterocycles. The number of hydrogen-bond donors (Lipinski definition) is 0. The lowest BCUT2D eigenvalue weighted by Crippen LogP contribution is -2.17. The second kappa shape index (κ2) is 3.23. The van der Waals surface area contributed by atoms with Gasteiger partial charge in [-0.15, -0.1) is 0 Å². The summed E-state index contributed by atoms with van der Waals surface area (Å²) in [6.45, 7) is 1.22. The maximum atomic E-state index is 4.14. The summed E-state index contributed by atoms with van der Waals surface area (Å²) in [5, 5.41) is 0. The summed E-state index contributed by atoms with van der Waals surface area (Å²) in [5.41, 5.74) is 1.36. The highest BCUT2D eigenvalue weighted by Crippen LogP contribution is 2.29. The molecule has 1 aliphatic rings. The minimum atomic E-state index is 0.610. The van der Waals surface area contributed by atoms with E-state index in [1.165, 1.54) is 24.9 Å². The van der Waals surface area contributed by atoms with Crippen molar-refractivity contribution in [3.05, 3.63) is 30.1 Å². The van der Waals surface area contributed by atoms with Gasteiger partial charge in [-0.2, -0.15) is 0 Å². The van der Waals surface area contributed by atoms with Crippen molar-refractivity contribution in [1.29, 1.82) is 0 Å². The van der Waals surface area contributed by atoms with Crippen molar-refractivity contribution in [2.75, 3.05) is 13.6 Å². The van der Waals surface area contributed by atoms with E-state index >= 15 is 0 Å². The molecular formula is C10H14N2. The third-order valence-corrected chi connectivity index (χ3v) is 2.59. The van der Waals surface area contributed by atoms with Crippen molar-refractivity contribution >= 4 is 0 Å². The van der Waals surface area contributed by atoms with E-state index in [0.29, 0.717) is 6.04 Å². The highest BCUT2D eigenvalue weighted by Gasteiger charge is 2.21. The summed E-state index contributed by atoms with van der Waals surface area (Å²) < 4.78 is 0. The fraction of sp³-hybridized carbons (Fsp3) is 0.500. The lowest BCUT2D eigenvalue weighted by atomic mass is 10.4. The molecule has 12 heavy (non-hydrogen) atoms. The third kappa shape index (κ3) is 1.34. The molecule has 1 aliphatic heterocycles. The quantitative estimate of drug-likeness (QED) is 0.629. The number of likely N-dealkylation sites (tertiary alicyclic amines) is 1. The fourth-order valence-electron chi connectivity index (χ4n) is 1.90. The minimum absolute atomic E-state index is 0.610. The third-order valence-electron chi connectivity index (χ3n) is 2.59. The molecule has 0 amide bonds. The molecule has 1 atom stereocenters. The number of aromatic nitrogens is 1. The maximum Gasteiger partial charge on any atom is 0.0360 e. The van der Waals surface area contributed by atoms with E-state index in [4.69, 9.17) is 0 Å². The number of nitrogens with zero attached hydrogens (tertiary/aromatic N) is 2. The van der Waals surface area contributed by atoms with Gasteiger partial charge in [-0.3, -0.25) is 9.88 Å². The fourth-order valence-corrected chi connectivity index (χ4v) is 1.90.